The number of rotatable bonds is 8. The molecule has 1 aromatic rings. The molecule has 150 valence electrons. The van der Waals surface area contributed by atoms with E-state index in [0.717, 1.165) is 37.0 Å². The number of nitrogens with zero attached hydrogens (tertiary/aromatic N) is 2. The first-order valence-corrected chi connectivity index (χ1v) is 9.47. The monoisotopic (exact) mass is 377 g/mol. The number of hydrogen-bond donors (Lipinski definition) is 1. The van der Waals surface area contributed by atoms with Crippen LogP contribution in [-0.4, -0.2) is 63.8 Å². The van der Waals surface area contributed by atoms with Gasteiger partial charge in [0.2, 0.25) is 0 Å². The minimum absolute atomic E-state index is 0.102. The van der Waals surface area contributed by atoms with Crippen molar-refractivity contribution in [3.63, 3.8) is 0 Å². The van der Waals surface area contributed by atoms with Crippen molar-refractivity contribution in [2.24, 2.45) is 16.8 Å². The molecule has 1 saturated heterocycles. The number of hydrogen-bond acceptors (Lipinski definition) is 5. The van der Waals surface area contributed by atoms with E-state index in [1.54, 1.807) is 7.11 Å². The van der Waals surface area contributed by atoms with E-state index in [4.69, 9.17) is 14.2 Å². The van der Waals surface area contributed by atoms with Gasteiger partial charge in [0.25, 0.3) is 0 Å². The lowest BCUT2D eigenvalue weighted by atomic mass is 9.99. The maximum absolute atomic E-state index is 11.9. The lowest BCUT2D eigenvalue weighted by Crippen LogP contribution is -2.40. The molecule has 7 nitrogen and oxygen atoms in total. The average molecular weight is 377 g/mol. The Morgan fingerprint density at radius 2 is 2.07 bits per heavy atom. The Balaban J connectivity index is 1.83. The first-order chi connectivity index (χ1) is 13.1. The fourth-order valence-electron chi connectivity index (χ4n) is 3.15. The molecule has 0 bridgehead atoms. The second kappa shape index (κ2) is 10.6. The zero-order valence-electron chi connectivity index (χ0n) is 16.7. The number of nitrogens with one attached hydrogen (secondary N) is 1. The summed E-state index contributed by atoms with van der Waals surface area (Å²) in [5, 5.41) is 3.31. The Morgan fingerprint density at radius 1 is 1.30 bits per heavy atom. The van der Waals surface area contributed by atoms with Crippen LogP contribution < -0.4 is 14.8 Å². The third kappa shape index (κ3) is 6.05. The van der Waals surface area contributed by atoms with Crippen molar-refractivity contribution < 1.29 is 19.0 Å². The molecule has 0 saturated carbocycles. The largest absolute Gasteiger partial charge is 0.497 e. The van der Waals surface area contributed by atoms with Gasteiger partial charge in [0.15, 0.2) is 5.96 Å². The lowest BCUT2D eigenvalue weighted by Gasteiger charge is -2.21. The molecule has 0 radical (unpaired) electrons. The lowest BCUT2D eigenvalue weighted by molar-refractivity contribution is -0.145. The van der Waals surface area contributed by atoms with Crippen molar-refractivity contribution >= 4 is 11.9 Å². The molecule has 1 aliphatic heterocycles. The third-order valence-electron chi connectivity index (χ3n) is 4.62. The minimum atomic E-state index is -0.146. The van der Waals surface area contributed by atoms with Crippen LogP contribution in [0.4, 0.5) is 0 Å². The second-order valence-electron chi connectivity index (χ2n) is 6.63. The summed E-state index contributed by atoms with van der Waals surface area (Å²) >= 11 is 0. The summed E-state index contributed by atoms with van der Waals surface area (Å²) in [6, 6.07) is 7.57. The molecular formula is C20H31N3O4. The molecule has 1 fully saturated rings. The van der Waals surface area contributed by atoms with Crippen LogP contribution in [0.3, 0.4) is 0 Å². The molecule has 0 amide bonds. The van der Waals surface area contributed by atoms with Gasteiger partial charge in [-0.25, -0.2) is 0 Å². The van der Waals surface area contributed by atoms with E-state index in [0.29, 0.717) is 19.7 Å². The number of methoxy groups -OCH3 is 2. The Morgan fingerprint density at radius 3 is 2.78 bits per heavy atom. The van der Waals surface area contributed by atoms with E-state index in [2.05, 4.69) is 22.1 Å². The van der Waals surface area contributed by atoms with Gasteiger partial charge in [-0.3, -0.25) is 9.79 Å². The van der Waals surface area contributed by atoms with Crippen molar-refractivity contribution in [3.05, 3.63) is 24.3 Å². The van der Waals surface area contributed by atoms with Gasteiger partial charge in [0.1, 0.15) is 11.5 Å². The number of ether oxygens (including phenoxy) is 3. The van der Waals surface area contributed by atoms with Crippen molar-refractivity contribution in [2.75, 3.05) is 47.0 Å². The summed E-state index contributed by atoms with van der Waals surface area (Å²) in [6.07, 6.45) is 0.802. The van der Waals surface area contributed by atoms with E-state index in [1.165, 1.54) is 7.11 Å². The molecule has 1 heterocycles. The minimum Gasteiger partial charge on any atom is -0.497 e. The predicted octanol–water partition coefficient (Wildman–Crippen LogP) is 2.17. The molecule has 2 unspecified atom stereocenters. The van der Waals surface area contributed by atoms with Crippen LogP contribution in [0.2, 0.25) is 0 Å². The summed E-state index contributed by atoms with van der Waals surface area (Å²) in [6.45, 7) is 7.57. The van der Waals surface area contributed by atoms with Crippen LogP contribution >= 0.6 is 0 Å². The number of likely N-dealkylation sites (tertiary alicyclic amines) is 1. The van der Waals surface area contributed by atoms with Crippen LogP contribution in [0.25, 0.3) is 0 Å². The number of guanidine groups is 1. The Bertz CT molecular complexity index is 635. The third-order valence-corrected chi connectivity index (χ3v) is 4.62. The molecular weight excluding hydrogens is 346 g/mol. The number of carbonyl (C=O) groups is 1. The van der Waals surface area contributed by atoms with E-state index in [-0.39, 0.29) is 17.8 Å². The molecule has 27 heavy (non-hydrogen) atoms. The highest BCUT2D eigenvalue weighted by molar-refractivity contribution is 5.82. The van der Waals surface area contributed by atoms with Crippen LogP contribution in [0, 0.1) is 11.8 Å². The highest BCUT2D eigenvalue weighted by Gasteiger charge is 2.36. The first-order valence-electron chi connectivity index (χ1n) is 9.47. The maximum atomic E-state index is 11.9. The number of aliphatic imine (C=N–C) groups is 1. The van der Waals surface area contributed by atoms with Gasteiger partial charge in [-0.2, -0.15) is 0 Å². The van der Waals surface area contributed by atoms with Gasteiger partial charge in [-0.15, -0.1) is 0 Å². The Kier molecular flexibility index (Phi) is 8.23. The van der Waals surface area contributed by atoms with Crippen LogP contribution in [0.5, 0.6) is 11.5 Å². The summed E-state index contributed by atoms with van der Waals surface area (Å²) < 4.78 is 15.9. The summed E-state index contributed by atoms with van der Waals surface area (Å²) in [7, 11) is 3.08. The van der Waals surface area contributed by atoms with Crippen molar-refractivity contribution in [3.8, 4) is 11.5 Å². The zero-order valence-corrected chi connectivity index (χ0v) is 16.7. The van der Waals surface area contributed by atoms with Gasteiger partial charge in [0, 0.05) is 38.7 Å². The number of carbonyl (C=O) groups excluding carboxylic acids is 1. The van der Waals surface area contributed by atoms with Crippen LogP contribution in [0.1, 0.15) is 20.3 Å². The summed E-state index contributed by atoms with van der Waals surface area (Å²) in [5.74, 6) is 2.42. The molecule has 2 rings (SSSR count). The number of benzene rings is 1. The average Bonchev–Trinajstić information content (AvgIpc) is 3.08. The normalized spacial score (nSPS) is 19.7. The van der Waals surface area contributed by atoms with E-state index in [9.17, 15) is 4.79 Å². The SMILES string of the molecule is CCNC(=NCCCOc1cccc(OC)c1)N1CC(C)C(C(=O)OC)C1. The van der Waals surface area contributed by atoms with Crippen LogP contribution in [0.15, 0.2) is 29.3 Å². The molecule has 1 aromatic carbocycles. The molecule has 0 aliphatic carbocycles. The molecule has 0 aromatic heterocycles. The second-order valence-corrected chi connectivity index (χ2v) is 6.63. The maximum Gasteiger partial charge on any atom is 0.310 e. The molecule has 1 N–H and O–H groups in total. The predicted molar refractivity (Wildman–Crippen MR) is 105 cm³/mol. The highest BCUT2D eigenvalue weighted by Crippen LogP contribution is 2.24. The van der Waals surface area contributed by atoms with Gasteiger partial charge in [-0.1, -0.05) is 13.0 Å². The topological polar surface area (TPSA) is 72.4 Å². The van der Waals surface area contributed by atoms with Gasteiger partial charge < -0.3 is 24.4 Å². The van der Waals surface area contributed by atoms with Crippen molar-refractivity contribution in [1.82, 2.24) is 10.2 Å². The molecule has 0 spiro atoms. The first kappa shape index (κ1) is 20.9. The fraction of sp³-hybridized carbons (Fsp3) is 0.600. The standard InChI is InChI=1S/C20H31N3O4/c1-5-21-20(23-13-15(2)18(14-23)19(24)26-4)22-10-7-11-27-17-9-6-8-16(12-17)25-3/h6,8-9,12,15,18H,5,7,10-11,13-14H2,1-4H3,(H,21,22). The molecule has 7 heteroatoms. The zero-order chi connectivity index (χ0) is 19.6. The summed E-state index contributed by atoms with van der Waals surface area (Å²) in [4.78, 5) is 18.7. The van der Waals surface area contributed by atoms with E-state index < -0.39 is 0 Å². The van der Waals surface area contributed by atoms with Gasteiger partial charge >= 0.3 is 5.97 Å². The van der Waals surface area contributed by atoms with Gasteiger partial charge in [-0.05, 0) is 25.0 Å². The van der Waals surface area contributed by atoms with Crippen molar-refractivity contribution in [2.45, 2.75) is 20.3 Å². The number of esters is 1. The van der Waals surface area contributed by atoms with Gasteiger partial charge in [0.05, 0.1) is 26.7 Å². The van der Waals surface area contributed by atoms with Crippen molar-refractivity contribution in [1.29, 1.82) is 0 Å². The Labute approximate surface area is 161 Å². The molecule has 1 aliphatic rings. The quantitative estimate of drug-likeness (QED) is 0.324. The fourth-order valence-corrected chi connectivity index (χ4v) is 3.15. The van der Waals surface area contributed by atoms with E-state index in [1.807, 2.05) is 31.2 Å². The highest BCUT2D eigenvalue weighted by atomic mass is 16.5. The smallest absolute Gasteiger partial charge is 0.310 e. The Hall–Kier alpha value is -2.44. The molecule has 2 atom stereocenters. The van der Waals surface area contributed by atoms with E-state index >= 15 is 0 Å². The summed E-state index contributed by atoms with van der Waals surface area (Å²) in [5.41, 5.74) is 0. The van der Waals surface area contributed by atoms with Crippen LogP contribution in [-0.2, 0) is 9.53 Å².